The summed E-state index contributed by atoms with van der Waals surface area (Å²) in [5.74, 6) is -0.120. The standard InChI is InChI=1S/C17H25N3O2/c1-3-15-6-4-5-11-20(15)12-16(21)19-14-9-7-13(8-10-14)17(22)18-2/h7-10,15H,3-6,11-12H2,1-2H3,(H,18,22)(H,19,21). The number of likely N-dealkylation sites (tertiary alicyclic amines) is 1. The van der Waals surface area contributed by atoms with Crippen molar-refractivity contribution in [3.05, 3.63) is 29.8 Å². The lowest BCUT2D eigenvalue weighted by molar-refractivity contribution is -0.118. The van der Waals surface area contributed by atoms with E-state index in [0.29, 0.717) is 18.2 Å². The number of anilines is 1. The Morgan fingerprint density at radius 3 is 2.59 bits per heavy atom. The van der Waals surface area contributed by atoms with Gasteiger partial charge in [0.05, 0.1) is 6.54 Å². The third kappa shape index (κ3) is 4.31. The van der Waals surface area contributed by atoms with Crippen LogP contribution in [-0.4, -0.2) is 42.9 Å². The fourth-order valence-electron chi connectivity index (χ4n) is 2.96. The first-order valence-electron chi connectivity index (χ1n) is 8.00. The van der Waals surface area contributed by atoms with Crippen molar-refractivity contribution < 1.29 is 9.59 Å². The number of amides is 2. The molecule has 1 aromatic carbocycles. The van der Waals surface area contributed by atoms with Gasteiger partial charge in [-0.3, -0.25) is 14.5 Å². The summed E-state index contributed by atoms with van der Waals surface area (Å²) in [6.07, 6.45) is 4.71. The summed E-state index contributed by atoms with van der Waals surface area (Å²) in [6, 6.07) is 7.47. The molecule has 2 amide bonds. The van der Waals surface area contributed by atoms with Gasteiger partial charge in [-0.05, 0) is 50.1 Å². The molecular weight excluding hydrogens is 278 g/mol. The van der Waals surface area contributed by atoms with Gasteiger partial charge < -0.3 is 10.6 Å². The minimum Gasteiger partial charge on any atom is -0.355 e. The van der Waals surface area contributed by atoms with Gasteiger partial charge >= 0.3 is 0 Å². The lowest BCUT2D eigenvalue weighted by Crippen LogP contribution is -2.43. The van der Waals surface area contributed by atoms with Crippen LogP contribution < -0.4 is 10.6 Å². The van der Waals surface area contributed by atoms with E-state index in [9.17, 15) is 9.59 Å². The maximum absolute atomic E-state index is 12.2. The Bertz CT molecular complexity index is 513. The van der Waals surface area contributed by atoms with Crippen molar-refractivity contribution in [3.63, 3.8) is 0 Å². The molecule has 0 radical (unpaired) electrons. The molecule has 120 valence electrons. The first-order valence-corrected chi connectivity index (χ1v) is 8.00. The van der Waals surface area contributed by atoms with Crippen LogP contribution in [0, 0.1) is 0 Å². The van der Waals surface area contributed by atoms with Crippen molar-refractivity contribution in [1.82, 2.24) is 10.2 Å². The summed E-state index contributed by atoms with van der Waals surface area (Å²) < 4.78 is 0. The number of carbonyl (C=O) groups excluding carboxylic acids is 2. The average Bonchev–Trinajstić information content (AvgIpc) is 2.55. The Balaban J connectivity index is 1.90. The number of rotatable bonds is 5. The van der Waals surface area contributed by atoms with Crippen molar-refractivity contribution in [3.8, 4) is 0 Å². The second-order valence-electron chi connectivity index (χ2n) is 5.73. The molecule has 1 aromatic rings. The molecule has 1 aliphatic rings. The van der Waals surface area contributed by atoms with Crippen LogP contribution in [0.15, 0.2) is 24.3 Å². The molecule has 5 heteroatoms. The van der Waals surface area contributed by atoms with Gasteiger partial charge in [-0.25, -0.2) is 0 Å². The third-order valence-electron chi connectivity index (χ3n) is 4.22. The summed E-state index contributed by atoms with van der Waals surface area (Å²) in [5, 5.41) is 5.48. The van der Waals surface area contributed by atoms with Crippen LogP contribution in [0.25, 0.3) is 0 Å². The predicted molar refractivity (Wildman–Crippen MR) is 88.0 cm³/mol. The predicted octanol–water partition coefficient (Wildman–Crippen LogP) is 2.25. The average molecular weight is 303 g/mol. The second-order valence-corrected chi connectivity index (χ2v) is 5.73. The molecule has 0 saturated carbocycles. The smallest absolute Gasteiger partial charge is 0.251 e. The van der Waals surface area contributed by atoms with Crippen molar-refractivity contribution in [1.29, 1.82) is 0 Å². The number of piperidine rings is 1. The minimum atomic E-state index is -0.128. The van der Waals surface area contributed by atoms with E-state index in [1.54, 1.807) is 31.3 Å². The van der Waals surface area contributed by atoms with Crippen LogP contribution >= 0.6 is 0 Å². The molecule has 1 saturated heterocycles. The number of hydrogen-bond donors (Lipinski definition) is 2. The zero-order valence-electron chi connectivity index (χ0n) is 13.4. The molecule has 0 bridgehead atoms. The van der Waals surface area contributed by atoms with Gasteiger partial charge in [-0.1, -0.05) is 13.3 Å². The summed E-state index contributed by atoms with van der Waals surface area (Å²) in [4.78, 5) is 25.9. The molecule has 0 aromatic heterocycles. The van der Waals surface area contributed by atoms with Gasteiger partial charge in [0, 0.05) is 24.3 Å². The fraction of sp³-hybridized carbons (Fsp3) is 0.529. The van der Waals surface area contributed by atoms with E-state index in [1.165, 1.54) is 19.3 Å². The molecule has 1 heterocycles. The van der Waals surface area contributed by atoms with E-state index in [-0.39, 0.29) is 11.8 Å². The van der Waals surface area contributed by atoms with E-state index < -0.39 is 0 Å². The zero-order chi connectivity index (χ0) is 15.9. The molecule has 22 heavy (non-hydrogen) atoms. The Morgan fingerprint density at radius 1 is 1.23 bits per heavy atom. The van der Waals surface area contributed by atoms with Gasteiger partial charge in [-0.2, -0.15) is 0 Å². The van der Waals surface area contributed by atoms with E-state index in [4.69, 9.17) is 0 Å². The molecule has 1 aliphatic heterocycles. The van der Waals surface area contributed by atoms with E-state index in [1.807, 2.05) is 0 Å². The van der Waals surface area contributed by atoms with Crippen LogP contribution in [0.5, 0.6) is 0 Å². The van der Waals surface area contributed by atoms with Gasteiger partial charge in [-0.15, -0.1) is 0 Å². The molecular formula is C17H25N3O2. The van der Waals surface area contributed by atoms with Crippen LogP contribution in [0.4, 0.5) is 5.69 Å². The molecule has 2 N–H and O–H groups in total. The number of hydrogen-bond acceptors (Lipinski definition) is 3. The maximum Gasteiger partial charge on any atom is 0.251 e. The third-order valence-corrected chi connectivity index (χ3v) is 4.22. The van der Waals surface area contributed by atoms with Crippen molar-refractivity contribution >= 4 is 17.5 Å². The highest BCUT2D eigenvalue weighted by atomic mass is 16.2. The fourth-order valence-corrected chi connectivity index (χ4v) is 2.96. The Labute approximate surface area is 132 Å². The highest BCUT2D eigenvalue weighted by Gasteiger charge is 2.22. The number of benzene rings is 1. The lowest BCUT2D eigenvalue weighted by Gasteiger charge is -2.34. The van der Waals surface area contributed by atoms with Crippen LogP contribution in [0.2, 0.25) is 0 Å². The first kappa shape index (κ1) is 16.5. The normalized spacial score (nSPS) is 18.7. The van der Waals surface area contributed by atoms with E-state index >= 15 is 0 Å². The maximum atomic E-state index is 12.2. The molecule has 0 spiro atoms. The van der Waals surface area contributed by atoms with Crippen molar-refractivity contribution in [2.24, 2.45) is 0 Å². The minimum absolute atomic E-state index is 0.00745. The topological polar surface area (TPSA) is 61.4 Å². The Hall–Kier alpha value is -1.88. The SMILES string of the molecule is CCC1CCCCN1CC(=O)Nc1ccc(C(=O)NC)cc1. The van der Waals surface area contributed by atoms with Gasteiger partial charge in [0.15, 0.2) is 0 Å². The molecule has 0 aliphatic carbocycles. The molecule has 1 fully saturated rings. The van der Waals surface area contributed by atoms with Crippen molar-refractivity contribution in [2.75, 3.05) is 25.5 Å². The molecule has 1 atom stereocenters. The Morgan fingerprint density at radius 2 is 1.95 bits per heavy atom. The van der Waals surface area contributed by atoms with Gasteiger partial charge in [0.1, 0.15) is 0 Å². The monoisotopic (exact) mass is 303 g/mol. The largest absolute Gasteiger partial charge is 0.355 e. The number of nitrogens with zero attached hydrogens (tertiary/aromatic N) is 1. The van der Waals surface area contributed by atoms with Crippen LogP contribution in [0.3, 0.4) is 0 Å². The van der Waals surface area contributed by atoms with E-state index in [2.05, 4.69) is 22.5 Å². The molecule has 5 nitrogen and oxygen atoms in total. The first-order chi connectivity index (χ1) is 10.6. The summed E-state index contributed by atoms with van der Waals surface area (Å²) in [7, 11) is 1.60. The number of carbonyl (C=O) groups is 2. The summed E-state index contributed by atoms with van der Waals surface area (Å²) >= 11 is 0. The van der Waals surface area contributed by atoms with Crippen molar-refractivity contribution in [2.45, 2.75) is 38.6 Å². The summed E-state index contributed by atoms with van der Waals surface area (Å²) in [6.45, 7) is 3.62. The van der Waals surface area contributed by atoms with E-state index in [0.717, 1.165) is 18.7 Å². The Kier molecular flexibility index (Phi) is 5.95. The van der Waals surface area contributed by atoms with Crippen LogP contribution in [-0.2, 0) is 4.79 Å². The highest BCUT2D eigenvalue weighted by molar-refractivity contribution is 5.96. The molecule has 2 rings (SSSR count). The highest BCUT2D eigenvalue weighted by Crippen LogP contribution is 2.19. The zero-order valence-corrected chi connectivity index (χ0v) is 13.4. The molecule has 1 unspecified atom stereocenters. The lowest BCUT2D eigenvalue weighted by atomic mass is 10.00. The second kappa shape index (κ2) is 7.94. The quantitative estimate of drug-likeness (QED) is 0.877. The van der Waals surface area contributed by atoms with Gasteiger partial charge in [0.2, 0.25) is 5.91 Å². The summed E-state index contributed by atoms with van der Waals surface area (Å²) in [5.41, 5.74) is 1.31. The van der Waals surface area contributed by atoms with Crippen LogP contribution in [0.1, 0.15) is 43.0 Å². The van der Waals surface area contributed by atoms with Gasteiger partial charge in [0.25, 0.3) is 5.91 Å². The number of nitrogens with one attached hydrogen (secondary N) is 2.